The molecule has 0 unspecified atom stereocenters. The van der Waals surface area contributed by atoms with Crippen molar-refractivity contribution in [3.8, 4) is 5.75 Å². The molecule has 0 amide bonds. The minimum absolute atomic E-state index is 0.435. The lowest BCUT2D eigenvalue weighted by molar-refractivity contribution is 0.205. The van der Waals surface area contributed by atoms with E-state index in [1.165, 1.54) is 0 Å². The zero-order valence-corrected chi connectivity index (χ0v) is 9.83. The Balaban J connectivity index is 2.59. The van der Waals surface area contributed by atoms with Crippen LogP contribution in [-0.4, -0.2) is 17.0 Å². The van der Waals surface area contributed by atoms with E-state index in [2.05, 4.69) is 22.9 Å². The third kappa shape index (κ3) is 3.31. The van der Waals surface area contributed by atoms with Gasteiger partial charge in [-0.05, 0) is 24.1 Å². The van der Waals surface area contributed by atoms with Crippen molar-refractivity contribution in [3.05, 3.63) is 29.8 Å². The fourth-order valence-electron chi connectivity index (χ4n) is 1.10. The summed E-state index contributed by atoms with van der Waals surface area (Å²) in [5.41, 5.74) is 0.908. The Hall–Kier alpha value is -0.540. The van der Waals surface area contributed by atoms with Crippen LogP contribution < -0.4 is 4.74 Å². The molecule has 1 aromatic rings. The summed E-state index contributed by atoms with van der Waals surface area (Å²) >= 11 is 3.23. The predicted molar refractivity (Wildman–Crippen MR) is 61.0 cm³/mol. The van der Waals surface area contributed by atoms with E-state index >= 15 is 0 Å². The number of aliphatic hydroxyl groups is 1. The molecule has 2 nitrogen and oxygen atoms in total. The number of alkyl halides is 1. The fraction of sp³-hybridized carbons (Fsp3) is 0.455. The number of benzene rings is 1. The van der Waals surface area contributed by atoms with Gasteiger partial charge in [0.2, 0.25) is 0 Å². The van der Waals surface area contributed by atoms with Crippen LogP contribution in [0.15, 0.2) is 24.3 Å². The largest absolute Gasteiger partial charge is 0.494 e. The molecule has 0 aromatic heterocycles. The van der Waals surface area contributed by atoms with E-state index in [9.17, 15) is 5.11 Å². The van der Waals surface area contributed by atoms with Gasteiger partial charge in [0.1, 0.15) is 5.75 Å². The van der Waals surface area contributed by atoms with Crippen molar-refractivity contribution in [3.63, 3.8) is 0 Å². The van der Waals surface area contributed by atoms with Crippen LogP contribution >= 0.6 is 15.9 Å². The zero-order chi connectivity index (χ0) is 10.4. The van der Waals surface area contributed by atoms with Gasteiger partial charge in [-0.2, -0.15) is 0 Å². The second kappa shape index (κ2) is 6.04. The van der Waals surface area contributed by atoms with E-state index in [-0.39, 0.29) is 0 Å². The third-order valence-electron chi connectivity index (χ3n) is 1.88. The maximum atomic E-state index is 9.51. The Labute approximate surface area is 93.0 Å². The second-order valence-corrected chi connectivity index (χ2v) is 3.74. The Kier molecular flexibility index (Phi) is 4.98. The molecule has 1 aromatic carbocycles. The first kappa shape index (κ1) is 11.5. The maximum Gasteiger partial charge on any atom is 0.119 e. The quantitative estimate of drug-likeness (QED) is 0.824. The summed E-state index contributed by atoms with van der Waals surface area (Å²) in [5.74, 6) is 0.859. The van der Waals surface area contributed by atoms with E-state index in [1.807, 2.05) is 24.3 Å². The van der Waals surface area contributed by atoms with Crippen molar-refractivity contribution in [2.24, 2.45) is 0 Å². The van der Waals surface area contributed by atoms with Gasteiger partial charge in [-0.15, -0.1) is 0 Å². The van der Waals surface area contributed by atoms with Crippen molar-refractivity contribution in [2.45, 2.75) is 19.4 Å². The van der Waals surface area contributed by atoms with Crippen molar-refractivity contribution in [1.82, 2.24) is 0 Å². The summed E-state index contributed by atoms with van der Waals surface area (Å²) in [7, 11) is 0. The van der Waals surface area contributed by atoms with Gasteiger partial charge in [-0.1, -0.05) is 35.0 Å². The topological polar surface area (TPSA) is 29.5 Å². The summed E-state index contributed by atoms with van der Waals surface area (Å²) in [6.45, 7) is 2.81. The van der Waals surface area contributed by atoms with Gasteiger partial charge in [0.15, 0.2) is 0 Å². The van der Waals surface area contributed by atoms with E-state index in [0.29, 0.717) is 5.33 Å². The third-order valence-corrected chi connectivity index (χ3v) is 2.50. The lowest BCUT2D eigenvalue weighted by atomic mass is 10.1. The van der Waals surface area contributed by atoms with Gasteiger partial charge in [-0.25, -0.2) is 0 Å². The number of halogens is 1. The molecule has 0 aliphatic rings. The molecule has 0 saturated heterocycles. The Bertz CT molecular complexity index is 258. The first-order valence-corrected chi connectivity index (χ1v) is 5.87. The molecule has 0 spiro atoms. The van der Waals surface area contributed by atoms with Crippen LogP contribution in [0.1, 0.15) is 25.0 Å². The number of rotatable bonds is 5. The molecule has 0 radical (unpaired) electrons. The highest BCUT2D eigenvalue weighted by Gasteiger charge is 2.04. The highest BCUT2D eigenvalue weighted by Crippen LogP contribution is 2.19. The standard InChI is InChI=1S/C11H15BrO2/c1-2-7-14-10-5-3-9(4-6-10)11(13)8-12/h3-6,11,13H,2,7-8H2,1H3/t11-/m0/s1. The van der Waals surface area contributed by atoms with Gasteiger partial charge in [-0.3, -0.25) is 0 Å². The van der Waals surface area contributed by atoms with Crippen LogP contribution in [0.5, 0.6) is 5.75 Å². The zero-order valence-electron chi connectivity index (χ0n) is 8.24. The molecule has 0 aliphatic carbocycles. The number of ether oxygens (including phenoxy) is 1. The van der Waals surface area contributed by atoms with E-state index in [0.717, 1.165) is 24.3 Å². The van der Waals surface area contributed by atoms with Crippen molar-refractivity contribution in [2.75, 3.05) is 11.9 Å². The minimum Gasteiger partial charge on any atom is -0.494 e. The van der Waals surface area contributed by atoms with Crippen molar-refractivity contribution in [1.29, 1.82) is 0 Å². The van der Waals surface area contributed by atoms with Crippen molar-refractivity contribution < 1.29 is 9.84 Å². The molecule has 3 heteroatoms. The molecule has 1 N–H and O–H groups in total. The molecule has 14 heavy (non-hydrogen) atoms. The van der Waals surface area contributed by atoms with E-state index in [4.69, 9.17) is 4.74 Å². The number of hydrogen-bond acceptors (Lipinski definition) is 2. The molecule has 0 heterocycles. The first-order valence-electron chi connectivity index (χ1n) is 4.74. The van der Waals surface area contributed by atoms with Crippen LogP contribution in [-0.2, 0) is 0 Å². The van der Waals surface area contributed by atoms with E-state index in [1.54, 1.807) is 0 Å². The van der Waals surface area contributed by atoms with Gasteiger partial charge in [0.25, 0.3) is 0 Å². The summed E-state index contributed by atoms with van der Waals surface area (Å²) in [6.07, 6.45) is 0.571. The van der Waals surface area contributed by atoms with Gasteiger partial charge >= 0.3 is 0 Å². The van der Waals surface area contributed by atoms with Crippen LogP contribution in [0.4, 0.5) is 0 Å². The highest BCUT2D eigenvalue weighted by molar-refractivity contribution is 9.09. The number of aliphatic hydroxyl groups excluding tert-OH is 1. The molecule has 1 rings (SSSR count). The minimum atomic E-state index is -0.435. The molecular weight excluding hydrogens is 244 g/mol. The van der Waals surface area contributed by atoms with Crippen LogP contribution in [0, 0.1) is 0 Å². The van der Waals surface area contributed by atoms with Gasteiger partial charge in [0, 0.05) is 5.33 Å². The van der Waals surface area contributed by atoms with Crippen LogP contribution in [0.25, 0.3) is 0 Å². The molecule has 0 aliphatic heterocycles. The fourth-order valence-corrected chi connectivity index (χ4v) is 1.47. The molecule has 78 valence electrons. The average molecular weight is 259 g/mol. The monoisotopic (exact) mass is 258 g/mol. The first-order chi connectivity index (χ1) is 6.77. The smallest absolute Gasteiger partial charge is 0.119 e. The highest BCUT2D eigenvalue weighted by atomic mass is 79.9. The summed E-state index contributed by atoms with van der Waals surface area (Å²) in [4.78, 5) is 0. The molecule has 0 bridgehead atoms. The van der Waals surface area contributed by atoms with Gasteiger partial charge < -0.3 is 9.84 Å². The summed E-state index contributed by atoms with van der Waals surface area (Å²) in [6, 6.07) is 7.54. The Morgan fingerprint density at radius 1 is 1.36 bits per heavy atom. The normalized spacial score (nSPS) is 12.5. The van der Waals surface area contributed by atoms with Crippen molar-refractivity contribution >= 4 is 15.9 Å². The lowest BCUT2D eigenvalue weighted by Crippen LogP contribution is -1.99. The second-order valence-electron chi connectivity index (χ2n) is 3.09. The lowest BCUT2D eigenvalue weighted by Gasteiger charge is -2.08. The molecule has 0 fully saturated rings. The Morgan fingerprint density at radius 3 is 2.50 bits per heavy atom. The van der Waals surface area contributed by atoms with Crippen LogP contribution in [0.3, 0.4) is 0 Å². The summed E-state index contributed by atoms with van der Waals surface area (Å²) in [5, 5.41) is 10.1. The summed E-state index contributed by atoms with van der Waals surface area (Å²) < 4.78 is 5.43. The maximum absolute atomic E-state index is 9.51. The molecular formula is C11H15BrO2. The number of hydrogen-bond donors (Lipinski definition) is 1. The predicted octanol–water partition coefficient (Wildman–Crippen LogP) is 2.90. The Morgan fingerprint density at radius 2 is 2.00 bits per heavy atom. The SMILES string of the molecule is CCCOc1ccc([C@@H](O)CBr)cc1. The van der Waals surface area contributed by atoms with Gasteiger partial charge in [0.05, 0.1) is 12.7 Å². The average Bonchev–Trinajstić information content (AvgIpc) is 2.26. The van der Waals surface area contributed by atoms with E-state index < -0.39 is 6.10 Å². The molecule has 0 saturated carbocycles. The van der Waals surface area contributed by atoms with Crippen LogP contribution in [0.2, 0.25) is 0 Å². The molecule has 1 atom stereocenters.